The molecule has 4 heteroatoms. The monoisotopic (exact) mass is 403 g/mol. The van der Waals surface area contributed by atoms with Crippen LogP contribution in [-0.4, -0.2) is 14.4 Å². The molecule has 0 saturated carbocycles. The maximum Gasteiger partial charge on any atom is 0.145 e. The molecule has 1 aliphatic rings. The average Bonchev–Trinajstić information content (AvgIpc) is 3.32. The summed E-state index contributed by atoms with van der Waals surface area (Å²) in [5.41, 5.74) is 5.58. The number of hydrogen-bond acceptors (Lipinski definition) is 3. The molecule has 0 aliphatic heterocycles. The molecule has 0 bridgehead atoms. The van der Waals surface area contributed by atoms with Crippen LogP contribution < -0.4 is 4.74 Å². The fourth-order valence-electron chi connectivity index (χ4n) is 4.41. The Bertz CT molecular complexity index is 1510. The number of pyridine rings is 2. The molecular formula is C27H21N3O. The van der Waals surface area contributed by atoms with E-state index in [1.54, 1.807) is 0 Å². The van der Waals surface area contributed by atoms with E-state index in [0.29, 0.717) is 0 Å². The number of aromatic nitrogens is 3. The van der Waals surface area contributed by atoms with Crippen LogP contribution in [0.3, 0.4) is 0 Å². The molecule has 4 nitrogen and oxygen atoms in total. The minimum atomic E-state index is 0.820. The molecule has 0 radical (unpaired) electrons. The maximum atomic E-state index is 6.40. The third-order valence-corrected chi connectivity index (χ3v) is 6.04. The zero-order valence-corrected chi connectivity index (χ0v) is 17.2. The molecule has 5 aromatic rings. The van der Waals surface area contributed by atoms with Gasteiger partial charge in [-0.3, -0.25) is 9.38 Å². The number of allylic oxidation sites excluding steroid dienone is 3. The number of nitrogens with zero attached hydrogens (tertiary/aromatic N) is 3. The van der Waals surface area contributed by atoms with Gasteiger partial charge in [0.2, 0.25) is 0 Å². The lowest BCUT2D eigenvalue weighted by Crippen LogP contribution is -2.04. The quantitative estimate of drug-likeness (QED) is 0.320. The van der Waals surface area contributed by atoms with Crippen LogP contribution in [0.2, 0.25) is 0 Å². The van der Waals surface area contributed by atoms with Crippen molar-refractivity contribution in [3.8, 4) is 5.75 Å². The highest BCUT2D eigenvalue weighted by atomic mass is 16.5. The average molecular weight is 403 g/mol. The molecule has 3 aromatic heterocycles. The van der Waals surface area contributed by atoms with Gasteiger partial charge in [-0.05, 0) is 78.8 Å². The van der Waals surface area contributed by atoms with Gasteiger partial charge in [0, 0.05) is 29.4 Å². The van der Waals surface area contributed by atoms with Crippen LogP contribution in [0.1, 0.15) is 25.5 Å². The smallest absolute Gasteiger partial charge is 0.145 e. The van der Waals surface area contributed by atoms with E-state index >= 15 is 0 Å². The van der Waals surface area contributed by atoms with Crippen molar-refractivity contribution in [2.45, 2.75) is 19.8 Å². The SMILES string of the molecule is CC1=C(Oc2ccc3c4ccccc4n4ccnc4c3c2)C=C(c2ccccn2)CC1. The predicted octanol–water partition coefficient (Wildman–Crippen LogP) is 6.57. The molecule has 0 spiro atoms. The first-order valence-electron chi connectivity index (χ1n) is 10.5. The predicted molar refractivity (Wildman–Crippen MR) is 125 cm³/mol. The van der Waals surface area contributed by atoms with Gasteiger partial charge in [0.1, 0.15) is 17.2 Å². The van der Waals surface area contributed by atoms with Gasteiger partial charge in [-0.15, -0.1) is 0 Å². The Labute approximate surface area is 180 Å². The van der Waals surface area contributed by atoms with Crippen molar-refractivity contribution in [1.82, 2.24) is 14.4 Å². The molecular weight excluding hydrogens is 382 g/mol. The molecule has 150 valence electrons. The summed E-state index contributed by atoms with van der Waals surface area (Å²) in [5.74, 6) is 1.73. The largest absolute Gasteiger partial charge is 0.457 e. The van der Waals surface area contributed by atoms with Gasteiger partial charge < -0.3 is 4.74 Å². The van der Waals surface area contributed by atoms with E-state index < -0.39 is 0 Å². The van der Waals surface area contributed by atoms with Crippen LogP contribution in [0.5, 0.6) is 5.75 Å². The summed E-state index contributed by atoms with van der Waals surface area (Å²) in [4.78, 5) is 9.14. The van der Waals surface area contributed by atoms with Gasteiger partial charge in [0.15, 0.2) is 0 Å². The number of rotatable bonds is 3. The Kier molecular flexibility index (Phi) is 4.10. The lowest BCUT2D eigenvalue weighted by Gasteiger charge is -2.19. The summed E-state index contributed by atoms with van der Waals surface area (Å²) < 4.78 is 8.55. The minimum Gasteiger partial charge on any atom is -0.457 e. The molecule has 1 aliphatic carbocycles. The van der Waals surface area contributed by atoms with E-state index in [1.165, 1.54) is 21.9 Å². The van der Waals surface area contributed by atoms with Gasteiger partial charge in [0.25, 0.3) is 0 Å². The van der Waals surface area contributed by atoms with Crippen LogP contribution in [0, 0.1) is 0 Å². The molecule has 31 heavy (non-hydrogen) atoms. The van der Waals surface area contributed by atoms with Crippen LogP contribution in [0.25, 0.3) is 32.9 Å². The molecule has 0 N–H and O–H groups in total. The van der Waals surface area contributed by atoms with Gasteiger partial charge in [-0.2, -0.15) is 0 Å². The number of para-hydroxylation sites is 1. The van der Waals surface area contributed by atoms with Crippen molar-refractivity contribution in [3.63, 3.8) is 0 Å². The van der Waals surface area contributed by atoms with Crippen molar-refractivity contribution < 1.29 is 4.74 Å². The highest BCUT2D eigenvalue weighted by Gasteiger charge is 2.16. The molecule has 2 aromatic carbocycles. The standard InChI is InChI=1S/C27H21N3O/c1-18-9-10-19(24-7-4-5-13-28-24)16-26(18)31-20-11-12-21-22-6-2-3-8-25(22)30-15-14-29-27(30)23(21)17-20/h2-8,11-17H,9-10H2,1H3. The van der Waals surface area contributed by atoms with Gasteiger partial charge in [-0.25, -0.2) is 4.98 Å². The molecule has 6 rings (SSSR count). The van der Waals surface area contributed by atoms with Crippen LogP contribution in [0.15, 0.2) is 96.7 Å². The zero-order chi connectivity index (χ0) is 20.8. The lowest BCUT2D eigenvalue weighted by atomic mass is 9.95. The van der Waals surface area contributed by atoms with E-state index in [1.807, 2.05) is 30.7 Å². The summed E-state index contributed by atoms with van der Waals surface area (Å²) in [5, 5.41) is 3.48. The third-order valence-electron chi connectivity index (χ3n) is 6.04. The van der Waals surface area contributed by atoms with Gasteiger partial charge in [-0.1, -0.05) is 24.3 Å². The fraction of sp³-hybridized carbons (Fsp3) is 0.111. The highest BCUT2D eigenvalue weighted by molar-refractivity contribution is 6.12. The second-order valence-corrected chi connectivity index (χ2v) is 7.98. The molecule has 0 amide bonds. The first-order chi connectivity index (χ1) is 15.3. The Hall–Kier alpha value is -3.92. The van der Waals surface area contributed by atoms with Crippen molar-refractivity contribution >= 4 is 32.9 Å². The molecule has 3 heterocycles. The first kappa shape index (κ1) is 17.9. The maximum absolute atomic E-state index is 6.40. The van der Waals surface area contributed by atoms with Crippen molar-refractivity contribution in [3.05, 3.63) is 102 Å². The Morgan fingerprint density at radius 1 is 0.839 bits per heavy atom. The topological polar surface area (TPSA) is 39.4 Å². The third kappa shape index (κ3) is 2.99. The summed E-state index contributed by atoms with van der Waals surface area (Å²) in [6, 6.07) is 20.8. The summed E-state index contributed by atoms with van der Waals surface area (Å²) in [6.45, 7) is 2.14. The number of hydrogen-bond donors (Lipinski definition) is 0. The molecule has 0 atom stereocenters. The van der Waals surface area contributed by atoms with E-state index in [0.717, 1.165) is 46.6 Å². The number of benzene rings is 2. The fourth-order valence-corrected chi connectivity index (χ4v) is 4.41. The van der Waals surface area contributed by atoms with E-state index in [4.69, 9.17) is 4.74 Å². The highest BCUT2D eigenvalue weighted by Crippen LogP contribution is 2.34. The van der Waals surface area contributed by atoms with Crippen molar-refractivity contribution in [2.24, 2.45) is 0 Å². The molecule has 0 saturated heterocycles. The first-order valence-corrected chi connectivity index (χ1v) is 10.5. The summed E-state index contributed by atoms with van der Waals surface area (Å²) >= 11 is 0. The van der Waals surface area contributed by atoms with E-state index in [2.05, 4.69) is 75.9 Å². The van der Waals surface area contributed by atoms with Crippen molar-refractivity contribution in [2.75, 3.05) is 0 Å². The zero-order valence-electron chi connectivity index (χ0n) is 17.2. The van der Waals surface area contributed by atoms with Crippen LogP contribution >= 0.6 is 0 Å². The number of fused-ring (bicyclic) bond motifs is 6. The van der Waals surface area contributed by atoms with Crippen LogP contribution in [0.4, 0.5) is 0 Å². The summed E-state index contributed by atoms with van der Waals surface area (Å²) in [6.07, 6.45) is 9.79. The molecule has 0 unspecified atom stereocenters. The number of ether oxygens (including phenoxy) is 1. The summed E-state index contributed by atoms with van der Waals surface area (Å²) in [7, 11) is 0. The normalized spacial score (nSPS) is 14.4. The van der Waals surface area contributed by atoms with Gasteiger partial charge >= 0.3 is 0 Å². The van der Waals surface area contributed by atoms with Crippen LogP contribution in [-0.2, 0) is 0 Å². The lowest BCUT2D eigenvalue weighted by molar-refractivity contribution is 0.434. The van der Waals surface area contributed by atoms with E-state index in [9.17, 15) is 0 Å². The second-order valence-electron chi connectivity index (χ2n) is 7.98. The Morgan fingerprint density at radius 3 is 2.65 bits per heavy atom. The number of imidazole rings is 1. The Morgan fingerprint density at radius 2 is 1.74 bits per heavy atom. The van der Waals surface area contributed by atoms with Crippen molar-refractivity contribution in [1.29, 1.82) is 0 Å². The minimum absolute atomic E-state index is 0.820. The second kappa shape index (κ2) is 7.10. The Balaban J connectivity index is 1.45. The van der Waals surface area contributed by atoms with E-state index in [-0.39, 0.29) is 0 Å². The van der Waals surface area contributed by atoms with Gasteiger partial charge in [0.05, 0.1) is 11.2 Å². The molecule has 0 fully saturated rings.